The summed E-state index contributed by atoms with van der Waals surface area (Å²) in [6.45, 7) is 9.01. The smallest absolute Gasteiger partial charge is 0.123 e. The summed E-state index contributed by atoms with van der Waals surface area (Å²) >= 11 is 0. The van der Waals surface area contributed by atoms with E-state index in [9.17, 15) is 4.39 Å². The number of hydrazine groups is 1. The molecule has 0 amide bonds. The molecule has 0 aromatic heterocycles. The maximum Gasteiger partial charge on any atom is 0.123 e. The highest BCUT2D eigenvalue weighted by atomic mass is 19.1. The van der Waals surface area contributed by atoms with Gasteiger partial charge in [-0.25, -0.2) is 4.39 Å². The van der Waals surface area contributed by atoms with Crippen molar-refractivity contribution in [3.8, 4) is 0 Å². The van der Waals surface area contributed by atoms with Crippen LogP contribution >= 0.6 is 0 Å². The van der Waals surface area contributed by atoms with E-state index in [2.05, 4.69) is 26.2 Å². The summed E-state index contributed by atoms with van der Waals surface area (Å²) in [5, 5.41) is 0. The average Bonchev–Trinajstić information content (AvgIpc) is 2.43. The molecule has 1 fully saturated rings. The Balaban J connectivity index is 2.11. The Morgan fingerprint density at radius 1 is 1.19 bits per heavy atom. The molecule has 21 heavy (non-hydrogen) atoms. The highest BCUT2D eigenvalue weighted by molar-refractivity contribution is 5.30. The van der Waals surface area contributed by atoms with Crippen molar-refractivity contribution in [2.45, 2.75) is 59.4 Å². The van der Waals surface area contributed by atoms with Crippen LogP contribution in [-0.4, -0.2) is 0 Å². The third-order valence-electron chi connectivity index (χ3n) is 5.22. The molecule has 2 rings (SSSR count). The third kappa shape index (κ3) is 3.83. The lowest BCUT2D eigenvalue weighted by Gasteiger charge is -2.39. The summed E-state index contributed by atoms with van der Waals surface area (Å²) in [6, 6.07) is 5.05. The highest BCUT2D eigenvalue weighted by Gasteiger charge is 2.33. The molecule has 1 unspecified atom stereocenters. The first-order valence-electron chi connectivity index (χ1n) is 8.05. The molecule has 1 atom stereocenters. The molecule has 1 aliphatic rings. The Hall–Kier alpha value is -0.930. The Morgan fingerprint density at radius 2 is 1.81 bits per heavy atom. The predicted molar refractivity (Wildman–Crippen MR) is 86.1 cm³/mol. The van der Waals surface area contributed by atoms with Crippen LogP contribution in [0, 0.1) is 30.0 Å². The van der Waals surface area contributed by atoms with Crippen LogP contribution in [0.3, 0.4) is 0 Å². The fourth-order valence-corrected chi connectivity index (χ4v) is 3.74. The van der Waals surface area contributed by atoms with E-state index >= 15 is 0 Å². The number of rotatable bonds is 3. The van der Waals surface area contributed by atoms with Crippen molar-refractivity contribution in [1.29, 1.82) is 0 Å². The van der Waals surface area contributed by atoms with Crippen LogP contribution in [0.25, 0.3) is 0 Å². The normalized spacial score (nSPS) is 24.9. The van der Waals surface area contributed by atoms with E-state index in [1.54, 1.807) is 6.07 Å². The standard InChI is InChI=1S/C18H29FN2/c1-12-5-10-15(19)11-16(12)17(21-20)13-6-8-14(9-7-13)18(2,3)4/h5,10-11,13-14,17,21H,6-9,20H2,1-4H3. The van der Waals surface area contributed by atoms with Gasteiger partial charge in [0.2, 0.25) is 0 Å². The molecule has 1 aromatic carbocycles. The van der Waals surface area contributed by atoms with Crippen LogP contribution in [0.15, 0.2) is 18.2 Å². The first-order valence-corrected chi connectivity index (χ1v) is 8.05. The Bertz CT molecular complexity index is 471. The molecule has 0 radical (unpaired) electrons. The van der Waals surface area contributed by atoms with Crippen molar-refractivity contribution in [2.24, 2.45) is 23.1 Å². The number of hydrogen-bond donors (Lipinski definition) is 2. The summed E-state index contributed by atoms with van der Waals surface area (Å²) in [7, 11) is 0. The van der Waals surface area contributed by atoms with E-state index in [-0.39, 0.29) is 11.9 Å². The molecule has 0 saturated heterocycles. The maximum absolute atomic E-state index is 13.6. The van der Waals surface area contributed by atoms with Crippen molar-refractivity contribution in [3.63, 3.8) is 0 Å². The number of nitrogens with one attached hydrogen (secondary N) is 1. The first-order chi connectivity index (χ1) is 9.82. The van der Waals surface area contributed by atoms with Crippen molar-refractivity contribution in [3.05, 3.63) is 35.1 Å². The first kappa shape index (κ1) is 16.4. The second-order valence-corrected chi connectivity index (χ2v) is 7.62. The van der Waals surface area contributed by atoms with Gasteiger partial charge >= 0.3 is 0 Å². The zero-order valence-electron chi connectivity index (χ0n) is 13.7. The van der Waals surface area contributed by atoms with E-state index in [4.69, 9.17) is 5.84 Å². The maximum atomic E-state index is 13.6. The van der Waals surface area contributed by atoms with Gasteiger partial charge in [0, 0.05) is 6.04 Å². The van der Waals surface area contributed by atoms with Gasteiger partial charge in [0.1, 0.15) is 5.82 Å². The third-order valence-corrected chi connectivity index (χ3v) is 5.22. The fourth-order valence-electron chi connectivity index (χ4n) is 3.74. The van der Waals surface area contributed by atoms with Crippen LogP contribution in [-0.2, 0) is 0 Å². The second-order valence-electron chi connectivity index (χ2n) is 7.62. The summed E-state index contributed by atoms with van der Waals surface area (Å²) in [5.74, 6) is 6.89. The summed E-state index contributed by atoms with van der Waals surface area (Å²) in [5.41, 5.74) is 5.44. The molecule has 1 aromatic rings. The van der Waals surface area contributed by atoms with Crippen LogP contribution in [0.4, 0.5) is 4.39 Å². The zero-order valence-corrected chi connectivity index (χ0v) is 13.7. The van der Waals surface area contributed by atoms with E-state index in [1.165, 1.54) is 18.9 Å². The molecule has 0 spiro atoms. The minimum absolute atomic E-state index is 0.0571. The van der Waals surface area contributed by atoms with Gasteiger partial charge in [0.05, 0.1) is 0 Å². The van der Waals surface area contributed by atoms with E-state index in [0.717, 1.165) is 29.9 Å². The number of aryl methyl sites for hydroxylation is 1. The van der Waals surface area contributed by atoms with E-state index in [0.29, 0.717) is 11.3 Å². The molecule has 0 bridgehead atoms. The lowest BCUT2D eigenvalue weighted by Crippen LogP contribution is -2.37. The summed E-state index contributed by atoms with van der Waals surface area (Å²) in [4.78, 5) is 0. The van der Waals surface area contributed by atoms with Crippen LogP contribution < -0.4 is 11.3 Å². The van der Waals surface area contributed by atoms with Crippen molar-refractivity contribution >= 4 is 0 Å². The molecule has 0 aliphatic heterocycles. The zero-order chi connectivity index (χ0) is 15.6. The fraction of sp³-hybridized carbons (Fsp3) is 0.667. The van der Waals surface area contributed by atoms with Crippen molar-refractivity contribution in [1.82, 2.24) is 5.43 Å². The molecule has 118 valence electrons. The highest BCUT2D eigenvalue weighted by Crippen LogP contribution is 2.43. The Kier molecular flexibility index (Phi) is 5.05. The number of nitrogens with two attached hydrogens (primary N) is 1. The Labute approximate surface area is 128 Å². The van der Waals surface area contributed by atoms with Gasteiger partial charge < -0.3 is 0 Å². The topological polar surface area (TPSA) is 38.0 Å². The SMILES string of the molecule is Cc1ccc(F)cc1C(NN)C1CCC(C(C)(C)C)CC1. The van der Waals surface area contributed by atoms with E-state index < -0.39 is 0 Å². The molecule has 3 N–H and O–H groups in total. The molecule has 0 heterocycles. The number of benzene rings is 1. The molecule has 3 heteroatoms. The molecular weight excluding hydrogens is 263 g/mol. The van der Waals surface area contributed by atoms with Gasteiger partial charge in [0.15, 0.2) is 0 Å². The predicted octanol–water partition coefficient (Wildman–Crippen LogP) is 4.49. The van der Waals surface area contributed by atoms with Gasteiger partial charge in [0.25, 0.3) is 0 Å². The van der Waals surface area contributed by atoms with Crippen molar-refractivity contribution < 1.29 is 4.39 Å². The van der Waals surface area contributed by atoms with E-state index in [1.807, 2.05) is 13.0 Å². The van der Waals surface area contributed by atoms with Crippen LogP contribution in [0.2, 0.25) is 0 Å². The van der Waals surface area contributed by atoms with Crippen molar-refractivity contribution in [2.75, 3.05) is 0 Å². The number of hydrogen-bond acceptors (Lipinski definition) is 2. The molecule has 1 aliphatic carbocycles. The summed E-state index contributed by atoms with van der Waals surface area (Å²) in [6.07, 6.45) is 4.79. The quantitative estimate of drug-likeness (QED) is 0.636. The number of halogens is 1. The largest absolute Gasteiger partial charge is 0.271 e. The molecule has 1 saturated carbocycles. The lowest BCUT2D eigenvalue weighted by atomic mass is 9.68. The van der Waals surface area contributed by atoms with Gasteiger partial charge in [-0.1, -0.05) is 26.8 Å². The minimum Gasteiger partial charge on any atom is -0.271 e. The molecular formula is C18H29FN2. The van der Waals surface area contributed by atoms with Gasteiger partial charge in [-0.3, -0.25) is 11.3 Å². The lowest BCUT2D eigenvalue weighted by molar-refractivity contribution is 0.132. The minimum atomic E-state index is -0.181. The van der Waals surface area contributed by atoms with Gasteiger partial charge in [-0.2, -0.15) is 0 Å². The van der Waals surface area contributed by atoms with Crippen LogP contribution in [0.5, 0.6) is 0 Å². The van der Waals surface area contributed by atoms with Gasteiger partial charge in [-0.05, 0) is 73.1 Å². The second kappa shape index (κ2) is 6.45. The summed E-state index contributed by atoms with van der Waals surface area (Å²) < 4.78 is 13.6. The monoisotopic (exact) mass is 292 g/mol. The van der Waals surface area contributed by atoms with Gasteiger partial charge in [-0.15, -0.1) is 0 Å². The van der Waals surface area contributed by atoms with Crippen LogP contribution in [0.1, 0.15) is 63.6 Å². The Morgan fingerprint density at radius 3 is 2.33 bits per heavy atom. The average molecular weight is 292 g/mol. The molecule has 2 nitrogen and oxygen atoms in total.